The zero-order valence-corrected chi connectivity index (χ0v) is 25.6. The Hall–Kier alpha value is -2.75. The number of alkyl halides is 10. The van der Waals surface area contributed by atoms with Gasteiger partial charge in [0.1, 0.15) is 17.0 Å². The number of hydrogen-bond acceptors (Lipinski definition) is 7. The minimum Gasteiger partial charge on any atom is -0.357 e. The number of carbonyl (C=O) groups excluding carboxylic acids is 1. The minimum atomic E-state index is -7.24. The molecule has 1 saturated carbocycles. The Morgan fingerprint density at radius 2 is 1.75 bits per heavy atom. The Bertz CT molecular complexity index is 1680. The molecule has 9 nitrogen and oxygen atoms in total. The van der Waals surface area contributed by atoms with Gasteiger partial charge in [-0.05, 0) is 38.0 Å². The SMILES string of the molecule is CCN(C(=O)c1cc(-c2cc(-c3c(C(F)(F)F)c(OS(=O)(=O)C(F)(C(F)(F)F)C(F)(F)I)nn3C)no2)ccc1Cl)C1CC1. The van der Waals surface area contributed by atoms with Crippen LogP contribution in [0.5, 0.6) is 5.88 Å². The van der Waals surface area contributed by atoms with Gasteiger partial charge in [0.15, 0.2) is 5.76 Å². The Morgan fingerprint density at radius 1 is 1.14 bits per heavy atom. The summed E-state index contributed by atoms with van der Waals surface area (Å²) in [6, 6.07) is 4.86. The van der Waals surface area contributed by atoms with Crippen molar-refractivity contribution in [1.82, 2.24) is 19.8 Å². The number of aromatic nitrogens is 3. The molecule has 2 aromatic heterocycles. The van der Waals surface area contributed by atoms with Crippen LogP contribution in [-0.2, 0) is 23.3 Å². The second kappa shape index (κ2) is 11.2. The van der Waals surface area contributed by atoms with Gasteiger partial charge in [0.2, 0.25) is 0 Å². The summed E-state index contributed by atoms with van der Waals surface area (Å²) in [4.78, 5) is 14.6. The first-order valence-corrected chi connectivity index (χ1v) is 14.9. The molecule has 1 fully saturated rings. The van der Waals surface area contributed by atoms with Gasteiger partial charge >= 0.3 is 31.4 Å². The summed E-state index contributed by atoms with van der Waals surface area (Å²) >= 11 is 5.74. The molecule has 21 heteroatoms. The fourth-order valence-electron chi connectivity index (χ4n) is 4.19. The molecule has 1 aliphatic rings. The molecule has 1 aromatic carbocycles. The van der Waals surface area contributed by atoms with Crippen LogP contribution < -0.4 is 4.18 Å². The molecule has 242 valence electrons. The Morgan fingerprint density at radius 3 is 2.25 bits per heavy atom. The van der Waals surface area contributed by atoms with Crippen molar-refractivity contribution in [2.75, 3.05) is 6.54 Å². The smallest absolute Gasteiger partial charge is 0.357 e. The summed E-state index contributed by atoms with van der Waals surface area (Å²) in [5.74, 6) is -2.85. The summed E-state index contributed by atoms with van der Waals surface area (Å²) in [6.45, 7) is 2.13. The lowest BCUT2D eigenvalue weighted by Crippen LogP contribution is -2.59. The average Bonchev–Trinajstić information content (AvgIpc) is 3.49. The average molecular weight is 795 g/mol. The molecule has 1 amide bonds. The van der Waals surface area contributed by atoms with Gasteiger partial charge in [-0.3, -0.25) is 9.48 Å². The number of hydrogen-bond donors (Lipinski definition) is 0. The summed E-state index contributed by atoms with van der Waals surface area (Å²) in [5, 5.41) is 0.135. The second-order valence-corrected chi connectivity index (χ2v) is 12.8. The first kappa shape index (κ1) is 34.1. The summed E-state index contributed by atoms with van der Waals surface area (Å²) in [6.07, 6.45) is -10.9. The fourth-order valence-corrected chi connectivity index (χ4v) is 6.51. The minimum absolute atomic E-state index is 0.0248. The number of carbonyl (C=O) groups is 1. The van der Waals surface area contributed by atoms with Gasteiger partial charge in [-0.2, -0.15) is 43.5 Å². The number of rotatable bonds is 9. The van der Waals surface area contributed by atoms with Gasteiger partial charge in [0.05, 0.1) is 10.6 Å². The van der Waals surface area contributed by atoms with Crippen LogP contribution in [0.1, 0.15) is 35.7 Å². The predicted molar refractivity (Wildman–Crippen MR) is 142 cm³/mol. The summed E-state index contributed by atoms with van der Waals surface area (Å²) in [7, 11) is -6.48. The Labute approximate surface area is 260 Å². The van der Waals surface area contributed by atoms with Crippen LogP contribution in [0.15, 0.2) is 28.8 Å². The standard InChI is InChI=1S/C23H17ClF9IN4O5S/c1-3-38(11-5-6-11)19(39)12-8-10(4-7-13(12)24)15-9-14(36-42-15)17-16(20(25,26)27)18(35-37(17)2)43-44(40,41)21(28,22(29,30)31)23(32,33)34/h4,7-9,11H,3,5-6H2,1-2H3. The van der Waals surface area contributed by atoms with Crippen molar-refractivity contribution in [1.29, 1.82) is 0 Å². The van der Waals surface area contributed by atoms with Gasteiger partial charge in [0.25, 0.3) is 11.8 Å². The molecular weight excluding hydrogens is 778 g/mol. The van der Waals surface area contributed by atoms with Gasteiger partial charge in [-0.25, -0.2) is 4.39 Å². The van der Waals surface area contributed by atoms with Crippen LogP contribution in [0.3, 0.4) is 0 Å². The predicted octanol–water partition coefficient (Wildman–Crippen LogP) is 7.00. The van der Waals surface area contributed by atoms with E-state index in [4.69, 9.17) is 16.1 Å². The summed E-state index contributed by atoms with van der Waals surface area (Å²) < 4.78 is 152. The van der Waals surface area contributed by atoms with E-state index in [0.29, 0.717) is 6.54 Å². The van der Waals surface area contributed by atoms with E-state index >= 15 is 0 Å². The first-order valence-electron chi connectivity index (χ1n) is 12.0. The molecule has 0 N–H and O–H groups in total. The largest absolute Gasteiger partial charge is 0.448 e. The molecule has 3 aromatic rings. The van der Waals surface area contributed by atoms with E-state index in [9.17, 15) is 52.7 Å². The quantitative estimate of drug-likeness (QED) is 0.0994. The van der Waals surface area contributed by atoms with E-state index < -0.39 is 82.7 Å². The maximum Gasteiger partial charge on any atom is 0.448 e. The van der Waals surface area contributed by atoms with Crippen LogP contribution in [0.25, 0.3) is 22.7 Å². The number of benzene rings is 1. The van der Waals surface area contributed by atoms with E-state index in [-0.39, 0.29) is 32.6 Å². The molecule has 0 aliphatic heterocycles. The van der Waals surface area contributed by atoms with Crippen molar-refractivity contribution in [2.45, 2.75) is 47.1 Å². The van der Waals surface area contributed by atoms with Crippen LogP contribution in [0, 0.1) is 0 Å². The summed E-state index contributed by atoms with van der Waals surface area (Å²) in [5.41, 5.74) is -3.92. The molecular formula is C23H17ClF9IN4O5S. The highest BCUT2D eigenvalue weighted by molar-refractivity contribution is 14.1. The topological polar surface area (TPSA) is 108 Å². The van der Waals surface area contributed by atoms with Gasteiger partial charge in [0, 0.05) is 53.9 Å². The monoisotopic (exact) mass is 794 g/mol. The first-order chi connectivity index (χ1) is 20.0. The molecule has 1 atom stereocenters. The lowest BCUT2D eigenvalue weighted by Gasteiger charge is -2.29. The highest BCUT2D eigenvalue weighted by atomic mass is 127. The number of halogens is 11. The van der Waals surface area contributed by atoms with Crippen LogP contribution in [0.2, 0.25) is 5.02 Å². The maximum atomic E-state index is 14.6. The van der Waals surface area contributed by atoms with Crippen molar-refractivity contribution in [2.24, 2.45) is 7.05 Å². The molecule has 2 heterocycles. The molecule has 0 spiro atoms. The van der Waals surface area contributed by atoms with E-state index in [1.807, 2.05) is 0 Å². The van der Waals surface area contributed by atoms with Gasteiger partial charge in [-0.1, -0.05) is 16.8 Å². The highest BCUT2D eigenvalue weighted by Gasteiger charge is 2.80. The molecule has 1 unspecified atom stereocenters. The van der Waals surface area contributed by atoms with E-state index in [1.54, 1.807) is 11.8 Å². The van der Waals surface area contributed by atoms with Gasteiger partial charge in [-0.15, -0.1) is 5.10 Å². The van der Waals surface area contributed by atoms with Crippen LogP contribution in [-0.4, -0.2) is 61.9 Å². The van der Waals surface area contributed by atoms with Crippen LogP contribution in [0.4, 0.5) is 39.5 Å². The van der Waals surface area contributed by atoms with Crippen molar-refractivity contribution in [3.8, 4) is 28.6 Å². The molecule has 0 saturated heterocycles. The zero-order chi connectivity index (χ0) is 33.2. The van der Waals surface area contributed by atoms with Crippen molar-refractivity contribution in [3.63, 3.8) is 0 Å². The van der Waals surface area contributed by atoms with Crippen molar-refractivity contribution in [3.05, 3.63) is 40.4 Å². The normalized spacial score (nSPS) is 16.1. The molecule has 4 rings (SSSR count). The highest BCUT2D eigenvalue weighted by Crippen LogP contribution is 2.53. The lowest BCUT2D eigenvalue weighted by molar-refractivity contribution is -0.237. The molecule has 0 bridgehead atoms. The third-order valence-corrected chi connectivity index (χ3v) is 9.38. The number of aryl methyl sites for hydroxylation is 1. The Kier molecular flexibility index (Phi) is 8.72. The zero-order valence-electron chi connectivity index (χ0n) is 21.9. The third-order valence-electron chi connectivity index (χ3n) is 6.38. The number of amides is 1. The van der Waals surface area contributed by atoms with E-state index in [2.05, 4.69) is 14.4 Å². The molecule has 0 radical (unpaired) electrons. The van der Waals surface area contributed by atoms with E-state index in [0.717, 1.165) is 26.0 Å². The fraction of sp³-hybridized carbons (Fsp3) is 0.435. The van der Waals surface area contributed by atoms with Crippen molar-refractivity contribution >= 4 is 50.2 Å². The maximum absolute atomic E-state index is 14.6. The number of nitrogens with zero attached hydrogens (tertiary/aromatic N) is 4. The molecule has 44 heavy (non-hydrogen) atoms. The Balaban J connectivity index is 1.78. The van der Waals surface area contributed by atoms with Crippen LogP contribution >= 0.6 is 34.2 Å². The van der Waals surface area contributed by atoms with E-state index in [1.165, 1.54) is 18.2 Å². The third kappa shape index (κ3) is 5.95. The molecule has 1 aliphatic carbocycles. The van der Waals surface area contributed by atoms with Gasteiger partial charge < -0.3 is 13.6 Å². The van der Waals surface area contributed by atoms with Crippen molar-refractivity contribution < 1.29 is 61.4 Å². The second-order valence-electron chi connectivity index (χ2n) is 9.37. The lowest BCUT2D eigenvalue weighted by atomic mass is 10.1.